The lowest BCUT2D eigenvalue weighted by Gasteiger charge is -2.43. The molecule has 0 radical (unpaired) electrons. The van der Waals surface area contributed by atoms with E-state index in [4.69, 9.17) is 4.55 Å². The van der Waals surface area contributed by atoms with Crippen molar-refractivity contribution in [3.8, 4) is 0 Å². The van der Waals surface area contributed by atoms with Crippen LogP contribution in [0.25, 0.3) is 0 Å². The number of aliphatic hydroxyl groups excluding tert-OH is 1. The lowest BCUT2D eigenvalue weighted by Crippen LogP contribution is -2.75. The Labute approximate surface area is 236 Å². The predicted octanol–water partition coefficient (Wildman–Crippen LogP) is 4.18. The SMILES string of the molecule is CN(C)CCC(CO)N(CCCS(=O)(=O)O)S(=O)(=O)C(F)(F)C(F)(F)C(F)(F)C(F)(F)C(F)(F)C(F)(F)C(F)(F)C(F)(F)F. The number of halogens is 17. The van der Waals surface area contributed by atoms with Crippen LogP contribution in [0.1, 0.15) is 12.8 Å². The highest BCUT2D eigenvalue weighted by molar-refractivity contribution is 7.90. The summed E-state index contributed by atoms with van der Waals surface area (Å²) in [5.74, 6) is -54.2. The Kier molecular flexibility index (Phi) is 12.2. The van der Waals surface area contributed by atoms with E-state index < -0.39 is 116 Å². The summed E-state index contributed by atoms with van der Waals surface area (Å²) in [6.45, 7) is -4.08. The molecule has 0 aliphatic carbocycles. The summed E-state index contributed by atoms with van der Waals surface area (Å²) in [5.41, 5.74) is 0. The van der Waals surface area contributed by atoms with Crippen molar-refractivity contribution in [2.45, 2.75) is 65.8 Å². The second-order valence-corrected chi connectivity index (χ2v) is 12.6. The van der Waals surface area contributed by atoms with Crippen molar-refractivity contribution >= 4 is 20.1 Å². The van der Waals surface area contributed by atoms with E-state index in [1.165, 1.54) is 14.1 Å². The molecule has 0 aromatic carbocycles. The van der Waals surface area contributed by atoms with Crippen molar-refractivity contribution in [2.24, 2.45) is 0 Å². The third-order valence-corrected chi connectivity index (χ3v) is 8.44. The average Bonchev–Trinajstić information content (AvgIpc) is 2.80. The van der Waals surface area contributed by atoms with Gasteiger partial charge in [-0.25, -0.2) is 8.42 Å². The van der Waals surface area contributed by atoms with Crippen molar-refractivity contribution in [2.75, 3.05) is 39.5 Å². The van der Waals surface area contributed by atoms with Gasteiger partial charge in [0.25, 0.3) is 20.1 Å². The Morgan fingerprint density at radius 2 is 0.977 bits per heavy atom. The van der Waals surface area contributed by atoms with Gasteiger partial charge in [0.1, 0.15) is 0 Å². The van der Waals surface area contributed by atoms with E-state index in [-0.39, 0.29) is 0 Å². The molecule has 27 heteroatoms. The maximum atomic E-state index is 14.7. The highest BCUT2D eigenvalue weighted by atomic mass is 32.2. The summed E-state index contributed by atoms with van der Waals surface area (Å²) in [5, 5.41) is 1.51. The summed E-state index contributed by atoms with van der Waals surface area (Å²) in [6.07, 6.45) is -10.3. The number of sulfonamides is 1. The minimum absolute atomic E-state index is 0.500. The van der Waals surface area contributed by atoms with Crippen molar-refractivity contribution < 1.29 is 101 Å². The minimum Gasteiger partial charge on any atom is -0.395 e. The molecule has 0 saturated carbocycles. The van der Waals surface area contributed by atoms with Crippen LogP contribution in [0.3, 0.4) is 0 Å². The number of hydrogen-bond acceptors (Lipinski definition) is 6. The molecule has 0 aromatic heterocycles. The normalized spacial score (nSPS) is 16.6. The van der Waals surface area contributed by atoms with Crippen molar-refractivity contribution in [3.05, 3.63) is 0 Å². The van der Waals surface area contributed by atoms with Crippen LogP contribution in [-0.2, 0) is 20.1 Å². The van der Waals surface area contributed by atoms with Crippen LogP contribution in [0, 0.1) is 0 Å². The fraction of sp³-hybridized carbons (Fsp3) is 1.00. The largest absolute Gasteiger partial charge is 0.460 e. The minimum atomic E-state index is -9.02. The lowest BCUT2D eigenvalue weighted by atomic mass is 9.91. The van der Waals surface area contributed by atoms with Crippen LogP contribution in [-0.4, -0.2) is 128 Å². The standard InChI is InChI=1S/C17H21F17N2O6S2/c1-35(2)6-4-9(8-37)36(5-3-7-43(38,39)40)44(41,42)17(33,34)15(28,29)13(24,25)11(20,21)10(18,19)12(22,23)14(26,27)16(30,31)32/h9,37H,3-8H2,1-2H3,(H,38,39,40). The van der Waals surface area contributed by atoms with Crippen molar-refractivity contribution in [3.63, 3.8) is 0 Å². The van der Waals surface area contributed by atoms with Gasteiger partial charge in [-0.05, 0) is 33.5 Å². The highest BCUT2D eigenvalue weighted by Gasteiger charge is 2.96. The summed E-state index contributed by atoms with van der Waals surface area (Å²) < 4.78 is 285. The fourth-order valence-corrected chi connectivity index (χ4v) is 5.27. The van der Waals surface area contributed by atoms with Gasteiger partial charge in [-0.1, -0.05) is 0 Å². The fourth-order valence-electron chi connectivity index (χ4n) is 3.09. The summed E-state index contributed by atoms with van der Waals surface area (Å²) >= 11 is 0. The second kappa shape index (κ2) is 12.6. The van der Waals surface area contributed by atoms with Crippen LogP contribution in [0.5, 0.6) is 0 Å². The van der Waals surface area contributed by atoms with Gasteiger partial charge in [-0.3, -0.25) is 4.55 Å². The van der Waals surface area contributed by atoms with Crippen molar-refractivity contribution in [1.29, 1.82) is 0 Å². The number of rotatable bonds is 17. The van der Waals surface area contributed by atoms with Crippen LogP contribution < -0.4 is 0 Å². The first-order valence-corrected chi connectivity index (χ1v) is 14.0. The molecule has 44 heavy (non-hydrogen) atoms. The molecule has 2 N–H and O–H groups in total. The van der Waals surface area contributed by atoms with Gasteiger partial charge in [-0.2, -0.15) is 87.4 Å². The van der Waals surface area contributed by atoms with Gasteiger partial charge in [0.05, 0.1) is 12.4 Å². The Morgan fingerprint density at radius 3 is 1.30 bits per heavy atom. The summed E-state index contributed by atoms with van der Waals surface area (Å²) in [4.78, 5) is 1.08. The molecule has 0 rings (SSSR count). The summed E-state index contributed by atoms with van der Waals surface area (Å²) in [6, 6.07) is -2.48. The van der Waals surface area contributed by atoms with E-state index in [1.54, 1.807) is 0 Å². The molecule has 0 amide bonds. The predicted molar refractivity (Wildman–Crippen MR) is 111 cm³/mol. The van der Waals surface area contributed by atoms with Crippen LogP contribution >= 0.6 is 0 Å². The van der Waals surface area contributed by atoms with Crippen molar-refractivity contribution in [1.82, 2.24) is 9.21 Å². The van der Waals surface area contributed by atoms with E-state index in [2.05, 4.69) is 0 Å². The molecular weight excluding hydrogens is 715 g/mol. The molecule has 0 saturated heterocycles. The second-order valence-electron chi connectivity index (χ2n) is 9.14. The number of hydrogen-bond donors (Lipinski definition) is 2. The molecular formula is C17H21F17N2O6S2. The van der Waals surface area contributed by atoms with E-state index in [1.807, 2.05) is 0 Å². The molecule has 1 atom stereocenters. The van der Waals surface area contributed by atoms with Crippen LogP contribution in [0.15, 0.2) is 0 Å². The molecule has 266 valence electrons. The summed E-state index contributed by atoms with van der Waals surface area (Å²) in [7, 11) is -10.6. The van der Waals surface area contributed by atoms with Gasteiger partial charge < -0.3 is 10.0 Å². The molecule has 0 aliphatic rings. The van der Waals surface area contributed by atoms with E-state index in [9.17, 15) is 96.6 Å². The van der Waals surface area contributed by atoms with Gasteiger partial charge in [0.15, 0.2) is 0 Å². The maximum absolute atomic E-state index is 14.7. The van der Waals surface area contributed by atoms with E-state index in [0.29, 0.717) is 0 Å². The quantitative estimate of drug-likeness (QED) is 0.170. The van der Waals surface area contributed by atoms with Gasteiger partial charge in [-0.15, -0.1) is 0 Å². The number of nitrogens with zero attached hydrogens (tertiary/aromatic N) is 2. The third-order valence-electron chi connectivity index (χ3n) is 5.63. The molecule has 1 unspecified atom stereocenters. The lowest BCUT2D eigenvalue weighted by molar-refractivity contribution is -0.458. The molecule has 0 fully saturated rings. The Morgan fingerprint density at radius 1 is 0.614 bits per heavy atom. The van der Waals surface area contributed by atoms with Gasteiger partial charge in [0.2, 0.25) is 0 Å². The first-order chi connectivity index (χ1) is 19.0. The zero-order chi connectivity index (χ0) is 36.0. The Bertz CT molecular complexity index is 1210. The van der Waals surface area contributed by atoms with E-state index >= 15 is 0 Å². The number of alkyl halides is 17. The molecule has 0 aromatic rings. The van der Waals surface area contributed by atoms with Gasteiger partial charge >= 0.3 is 47.0 Å². The monoisotopic (exact) mass is 736 g/mol. The highest BCUT2D eigenvalue weighted by Crippen LogP contribution is 2.64. The average molecular weight is 736 g/mol. The Hall–Kier alpha value is -1.45. The first-order valence-electron chi connectivity index (χ1n) is 10.9. The molecule has 0 bridgehead atoms. The van der Waals surface area contributed by atoms with Crippen LogP contribution in [0.2, 0.25) is 0 Å². The topological polar surface area (TPSA) is 115 Å². The first kappa shape index (κ1) is 42.6. The molecule has 0 spiro atoms. The zero-order valence-corrected chi connectivity index (χ0v) is 23.1. The smallest absolute Gasteiger partial charge is 0.395 e. The molecule has 8 nitrogen and oxygen atoms in total. The zero-order valence-electron chi connectivity index (χ0n) is 21.5. The Balaban J connectivity index is 7.25. The molecule has 0 heterocycles. The van der Waals surface area contributed by atoms with Gasteiger partial charge in [0, 0.05) is 12.6 Å². The molecule has 0 aliphatic heterocycles. The number of aliphatic hydroxyl groups is 1. The third kappa shape index (κ3) is 7.10. The maximum Gasteiger partial charge on any atom is 0.460 e. The van der Waals surface area contributed by atoms with E-state index in [0.717, 1.165) is 4.90 Å². The van der Waals surface area contributed by atoms with Crippen LogP contribution in [0.4, 0.5) is 74.6 Å².